The van der Waals surface area contributed by atoms with E-state index in [0.717, 1.165) is 0 Å². The van der Waals surface area contributed by atoms with E-state index in [0.29, 0.717) is 11.3 Å². The van der Waals surface area contributed by atoms with Crippen LogP contribution in [-0.2, 0) is 11.3 Å². The van der Waals surface area contributed by atoms with Crippen LogP contribution in [0, 0.1) is 12.7 Å². The first-order valence-corrected chi connectivity index (χ1v) is 5.18. The Morgan fingerprint density at radius 1 is 1.53 bits per heavy atom. The van der Waals surface area contributed by atoms with Crippen molar-refractivity contribution in [3.05, 3.63) is 48.0 Å². The summed E-state index contributed by atoms with van der Waals surface area (Å²) in [6.45, 7) is 1.89. The minimum Gasteiger partial charge on any atom is -0.324 e. The highest BCUT2D eigenvalue weighted by Crippen LogP contribution is 2.15. The molecule has 1 N–H and O–H groups in total. The number of carbonyl (C=O) groups excluding carboxylic acids is 1. The van der Waals surface area contributed by atoms with Crippen LogP contribution in [0.5, 0.6) is 0 Å². The van der Waals surface area contributed by atoms with Gasteiger partial charge in [-0.15, -0.1) is 0 Å². The van der Waals surface area contributed by atoms with E-state index in [-0.39, 0.29) is 18.3 Å². The van der Waals surface area contributed by atoms with Gasteiger partial charge in [0.25, 0.3) is 0 Å². The molecular weight excluding hydrogens is 221 g/mol. The molecule has 0 fully saturated rings. The molecule has 5 heteroatoms. The van der Waals surface area contributed by atoms with Crippen LogP contribution in [0.3, 0.4) is 0 Å². The second-order valence-corrected chi connectivity index (χ2v) is 3.71. The zero-order valence-electron chi connectivity index (χ0n) is 9.35. The molecule has 1 aromatic carbocycles. The van der Waals surface area contributed by atoms with Gasteiger partial charge in [-0.05, 0) is 36.8 Å². The van der Waals surface area contributed by atoms with Crippen LogP contribution < -0.4 is 5.32 Å². The van der Waals surface area contributed by atoms with Crippen molar-refractivity contribution in [2.45, 2.75) is 13.5 Å². The molecule has 1 heterocycles. The largest absolute Gasteiger partial charge is 0.324 e. The third-order valence-corrected chi connectivity index (χ3v) is 2.33. The fraction of sp³-hybridized carbons (Fsp3) is 0.167. The number of hydrogen-bond donors (Lipinski definition) is 1. The minimum atomic E-state index is -0.312. The number of aryl methyl sites for hydroxylation is 1. The van der Waals surface area contributed by atoms with Crippen molar-refractivity contribution in [2.24, 2.45) is 0 Å². The number of aromatic nitrogens is 2. The Labute approximate surface area is 98.1 Å². The van der Waals surface area contributed by atoms with E-state index in [2.05, 4.69) is 10.4 Å². The number of halogens is 1. The minimum absolute atomic E-state index is 0.143. The fourth-order valence-electron chi connectivity index (χ4n) is 1.50. The number of anilines is 1. The summed E-state index contributed by atoms with van der Waals surface area (Å²) < 4.78 is 14.4. The van der Waals surface area contributed by atoms with E-state index < -0.39 is 0 Å². The van der Waals surface area contributed by atoms with Gasteiger partial charge in [0.2, 0.25) is 5.91 Å². The quantitative estimate of drug-likeness (QED) is 0.881. The van der Waals surface area contributed by atoms with Gasteiger partial charge < -0.3 is 5.32 Å². The molecule has 88 valence electrons. The number of carbonyl (C=O) groups is 1. The summed E-state index contributed by atoms with van der Waals surface area (Å²) in [7, 11) is 0. The van der Waals surface area contributed by atoms with Crippen molar-refractivity contribution < 1.29 is 9.18 Å². The topological polar surface area (TPSA) is 46.9 Å². The van der Waals surface area contributed by atoms with Gasteiger partial charge in [0, 0.05) is 18.1 Å². The zero-order chi connectivity index (χ0) is 12.3. The predicted molar refractivity (Wildman–Crippen MR) is 62.0 cm³/mol. The SMILES string of the molecule is Cc1cc(F)ccc1NC(=O)Cn1cccn1. The highest BCUT2D eigenvalue weighted by atomic mass is 19.1. The Morgan fingerprint density at radius 3 is 3.00 bits per heavy atom. The average Bonchev–Trinajstić information content (AvgIpc) is 2.75. The van der Waals surface area contributed by atoms with Gasteiger partial charge in [0.1, 0.15) is 12.4 Å². The zero-order valence-corrected chi connectivity index (χ0v) is 9.35. The molecule has 0 radical (unpaired) electrons. The molecule has 0 aliphatic heterocycles. The third-order valence-electron chi connectivity index (χ3n) is 2.33. The summed E-state index contributed by atoms with van der Waals surface area (Å²) in [6.07, 6.45) is 3.31. The number of rotatable bonds is 3. The smallest absolute Gasteiger partial charge is 0.246 e. The van der Waals surface area contributed by atoms with E-state index in [1.54, 1.807) is 31.5 Å². The lowest BCUT2D eigenvalue weighted by Crippen LogP contribution is -2.19. The molecule has 1 amide bonds. The summed E-state index contributed by atoms with van der Waals surface area (Å²) in [4.78, 5) is 11.7. The third kappa shape index (κ3) is 2.90. The molecule has 0 atom stereocenters. The molecule has 0 saturated heterocycles. The van der Waals surface area contributed by atoms with Gasteiger partial charge in [-0.25, -0.2) is 4.39 Å². The standard InChI is InChI=1S/C12H12FN3O/c1-9-7-10(13)3-4-11(9)15-12(17)8-16-6-2-5-14-16/h2-7H,8H2,1H3,(H,15,17). The van der Waals surface area contributed by atoms with Crippen LogP contribution in [0.4, 0.5) is 10.1 Å². The van der Waals surface area contributed by atoms with Gasteiger partial charge >= 0.3 is 0 Å². The van der Waals surface area contributed by atoms with Crippen molar-refractivity contribution in [3.8, 4) is 0 Å². The monoisotopic (exact) mass is 233 g/mol. The van der Waals surface area contributed by atoms with Gasteiger partial charge in [0.05, 0.1) is 0 Å². The van der Waals surface area contributed by atoms with E-state index in [1.807, 2.05) is 0 Å². The van der Waals surface area contributed by atoms with Gasteiger partial charge in [0.15, 0.2) is 0 Å². The summed E-state index contributed by atoms with van der Waals surface area (Å²) in [5.74, 6) is -0.504. The molecule has 0 unspecified atom stereocenters. The maximum absolute atomic E-state index is 12.9. The highest BCUT2D eigenvalue weighted by Gasteiger charge is 2.06. The Hall–Kier alpha value is -2.17. The first-order valence-electron chi connectivity index (χ1n) is 5.18. The molecule has 17 heavy (non-hydrogen) atoms. The average molecular weight is 233 g/mol. The van der Waals surface area contributed by atoms with Crippen molar-refractivity contribution in [1.29, 1.82) is 0 Å². The molecule has 0 aliphatic rings. The summed E-state index contributed by atoms with van der Waals surface area (Å²) in [5, 5.41) is 6.64. The molecule has 2 aromatic rings. The lowest BCUT2D eigenvalue weighted by atomic mass is 10.2. The number of hydrogen-bond acceptors (Lipinski definition) is 2. The molecule has 0 saturated carbocycles. The molecule has 4 nitrogen and oxygen atoms in total. The van der Waals surface area contributed by atoms with Crippen molar-refractivity contribution in [2.75, 3.05) is 5.32 Å². The van der Waals surface area contributed by atoms with Crippen LogP contribution in [0.15, 0.2) is 36.7 Å². The van der Waals surface area contributed by atoms with Crippen LogP contribution in [0.1, 0.15) is 5.56 Å². The Kier molecular flexibility index (Phi) is 3.18. The number of benzene rings is 1. The maximum Gasteiger partial charge on any atom is 0.246 e. The van der Waals surface area contributed by atoms with Crippen molar-refractivity contribution in [1.82, 2.24) is 9.78 Å². The molecule has 0 spiro atoms. The first kappa shape index (κ1) is 11.3. The number of amides is 1. The van der Waals surface area contributed by atoms with E-state index in [4.69, 9.17) is 0 Å². The van der Waals surface area contributed by atoms with Crippen molar-refractivity contribution in [3.63, 3.8) is 0 Å². The molecule has 1 aromatic heterocycles. The second kappa shape index (κ2) is 4.78. The van der Waals surface area contributed by atoms with Gasteiger partial charge in [-0.1, -0.05) is 0 Å². The first-order chi connectivity index (χ1) is 8.15. The van der Waals surface area contributed by atoms with E-state index >= 15 is 0 Å². The summed E-state index contributed by atoms with van der Waals surface area (Å²) in [6, 6.07) is 5.99. The molecule has 0 aliphatic carbocycles. The Morgan fingerprint density at radius 2 is 2.35 bits per heavy atom. The van der Waals surface area contributed by atoms with E-state index in [9.17, 15) is 9.18 Å². The Bertz CT molecular complexity index is 523. The fourth-order valence-corrected chi connectivity index (χ4v) is 1.50. The lowest BCUT2D eigenvalue weighted by molar-refractivity contribution is -0.116. The summed E-state index contributed by atoms with van der Waals surface area (Å²) >= 11 is 0. The number of nitrogens with one attached hydrogen (secondary N) is 1. The molecule has 2 rings (SSSR count). The summed E-state index contributed by atoms with van der Waals surface area (Å²) in [5.41, 5.74) is 1.31. The second-order valence-electron chi connectivity index (χ2n) is 3.71. The molecule has 0 bridgehead atoms. The predicted octanol–water partition coefficient (Wildman–Crippen LogP) is 1.97. The highest BCUT2D eigenvalue weighted by molar-refractivity contribution is 5.91. The Balaban J connectivity index is 2.03. The van der Waals surface area contributed by atoms with Crippen molar-refractivity contribution >= 4 is 11.6 Å². The number of nitrogens with zero attached hydrogens (tertiary/aromatic N) is 2. The van der Waals surface area contributed by atoms with Gasteiger partial charge in [-0.3, -0.25) is 9.48 Å². The van der Waals surface area contributed by atoms with Crippen LogP contribution in [0.2, 0.25) is 0 Å². The lowest BCUT2D eigenvalue weighted by Gasteiger charge is -2.08. The van der Waals surface area contributed by atoms with Crippen LogP contribution in [-0.4, -0.2) is 15.7 Å². The van der Waals surface area contributed by atoms with Gasteiger partial charge in [-0.2, -0.15) is 5.10 Å². The van der Waals surface area contributed by atoms with Crippen LogP contribution in [0.25, 0.3) is 0 Å². The van der Waals surface area contributed by atoms with Crippen LogP contribution >= 0.6 is 0 Å². The molecular formula is C12H12FN3O. The maximum atomic E-state index is 12.9. The normalized spacial score (nSPS) is 10.2. The van der Waals surface area contributed by atoms with E-state index in [1.165, 1.54) is 16.8 Å².